The third-order valence-corrected chi connectivity index (χ3v) is 6.69. The monoisotopic (exact) mass is 412 g/mol. The zero-order chi connectivity index (χ0) is 19.5. The summed E-state index contributed by atoms with van der Waals surface area (Å²) in [6.07, 6.45) is 1.79. The van der Waals surface area contributed by atoms with Crippen LogP contribution in [0.2, 0.25) is 0 Å². The number of thioether (sulfide) groups is 1. The minimum atomic E-state index is 0.111. The number of para-hydroxylation sites is 1. The van der Waals surface area contributed by atoms with Gasteiger partial charge in [-0.25, -0.2) is 4.98 Å². The van der Waals surface area contributed by atoms with Gasteiger partial charge in [0, 0.05) is 41.6 Å². The molecule has 0 N–H and O–H groups in total. The van der Waals surface area contributed by atoms with Gasteiger partial charge < -0.3 is 9.64 Å². The van der Waals surface area contributed by atoms with E-state index in [0.717, 1.165) is 46.9 Å². The van der Waals surface area contributed by atoms with Crippen molar-refractivity contribution < 1.29 is 9.53 Å². The van der Waals surface area contributed by atoms with E-state index in [1.807, 2.05) is 59.1 Å². The number of hydrogen-bond donors (Lipinski definition) is 0. The SMILES string of the molecule is CC(C)Sc1ccc(C(=O)N2CCC(Oc3nc4ccccc4s3)CC2)cc1. The molecule has 2 aromatic carbocycles. The van der Waals surface area contributed by atoms with Crippen LogP contribution in [0.1, 0.15) is 37.0 Å². The molecule has 1 saturated heterocycles. The first-order valence-corrected chi connectivity index (χ1v) is 11.4. The third-order valence-electron chi connectivity index (χ3n) is 4.74. The fourth-order valence-corrected chi connectivity index (χ4v) is 5.07. The van der Waals surface area contributed by atoms with Crippen molar-refractivity contribution in [2.45, 2.75) is 42.9 Å². The first-order valence-electron chi connectivity index (χ1n) is 9.67. The fraction of sp³-hybridized carbons (Fsp3) is 0.364. The Morgan fingerprint density at radius 3 is 2.54 bits per heavy atom. The lowest BCUT2D eigenvalue weighted by molar-refractivity contribution is 0.0595. The van der Waals surface area contributed by atoms with Gasteiger partial charge in [-0.2, -0.15) is 0 Å². The van der Waals surface area contributed by atoms with Crippen LogP contribution in [-0.2, 0) is 0 Å². The van der Waals surface area contributed by atoms with E-state index >= 15 is 0 Å². The molecule has 4 nitrogen and oxygen atoms in total. The largest absolute Gasteiger partial charge is 0.467 e. The van der Waals surface area contributed by atoms with Crippen molar-refractivity contribution in [3.63, 3.8) is 0 Å². The minimum absolute atomic E-state index is 0.111. The number of thiazole rings is 1. The summed E-state index contributed by atoms with van der Waals surface area (Å²) in [7, 11) is 0. The quantitative estimate of drug-likeness (QED) is 0.520. The summed E-state index contributed by atoms with van der Waals surface area (Å²) in [5.74, 6) is 0.111. The molecule has 1 fully saturated rings. The van der Waals surface area contributed by atoms with Crippen LogP contribution in [0.4, 0.5) is 0 Å². The third kappa shape index (κ3) is 4.50. The van der Waals surface area contributed by atoms with Crippen LogP contribution >= 0.6 is 23.1 Å². The predicted octanol–water partition coefficient (Wildman–Crippen LogP) is 5.48. The number of hydrogen-bond acceptors (Lipinski definition) is 5. The van der Waals surface area contributed by atoms with Gasteiger partial charge in [-0.1, -0.05) is 37.3 Å². The van der Waals surface area contributed by atoms with E-state index in [1.54, 1.807) is 11.3 Å². The van der Waals surface area contributed by atoms with E-state index in [2.05, 4.69) is 24.9 Å². The lowest BCUT2D eigenvalue weighted by Crippen LogP contribution is -2.41. The average Bonchev–Trinajstić information content (AvgIpc) is 3.10. The van der Waals surface area contributed by atoms with E-state index in [4.69, 9.17) is 4.74 Å². The highest BCUT2D eigenvalue weighted by molar-refractivity contribution is 7.99. The number of aromatic nitrogens is 1. The fourth-order valence-electron chi connectivity index (χ4n) is 3.35. The number of likely N-dealkylation sites (tertiary alicyclic amines) is 1. The molecule has 0 saturated carbocycles. The molecule has 1 amide bonds. The molecule has 1 aromatic heterocycles. The van der Waals surface area contributed by atoms with Crippen LogP contribution in [0.3, 0.4) is 0 Å². The zero-order valence-corrected chi connectivity index (χ0v) is 17.8. The first-order chi connectivity index (χ1) is 13.6. The molecule has 0 aliphatic carbocycles. The van der Waals surface area contributed by atoms with Crippen molar-refractivity contribution in [1.29, 1.82) is 0 Å². The first kappa shape index (κ1) is 19.3. The maximum atomic E-state index is 12.8. The van der Waals surface area contributed by atoms with Crippen molar-refractivity contribution in [2.75, 3.05) is 13.1 Å². The van der Waals surface area contributed by atoms with Crippen molar-refractivity contribution in [1.82, 2.24) is 9.88 Å². The molecule has 2 heterocycles. The molecule has 6 heteroatoms. The maximum absolute atomic E-state index is 12.8. The number of fused-ring (bicyclic) bond motifs is 1. The zero-order valence-electron chi connectivity index (χ0n) is 16.1. The molecule has 0 spiro atoms. The van der Waals surface area contributed by atoms with Gasteiger partial charge in [0.25, 0.3) is 11.1 Å². The number of carbonyl (C=O) groups is 1. The second kappa shape index (κ2) is 8.53. The highest BCUT2D eigenvalue weighted by Gasteiger charge is 2.25. The molecule has 0 unspecified atom stereocenters. The van der Waals surface area contributed by atoms with Gasteiger partial charge in [0.05, 0.1) is 10.2 Å². The summed E-state index contributed by atoms with van der Waals surface area (Å²) < 4.78 is 7.24. The van der Waals surface area contributed by atoms with Gasteiger partial charge in [0.1, 0.15) is 6.10 Å². The summed E-state index contributed by atoms with van der Waals surface area (Å²) >= 11 is 3.39. The molecule has 28 heavy (non-hydrogen) atoms. The second-order valence-electron chi connectivity index (χ2n) is 7.25. The summed E-state index contributed by atoms with van der Waals surface area (Å²) in [5, 5.41) is 1.26. The maximum Gasteiger partial charge on any atom is 0.274 e. The molecule has 146 valence electrons. The number of ether oxygens (including phenoxy) is 1. The van der Waals surface area contributed by atoms with Crippen LogP contribution in [0.15, 0.2) is 53.4 Å². The number of benzene rings is 2. The van der Waals surface area contributed by atoms with Crippen LogP contribution in [0.5, 0.6) is 5.19 Å². The molecule has 0 bridgehead atoms. The number of piperidine rings is 1. The normalized spacial score (nSPS) is 15.3. The van der Waals surface area contributed by atoms with Crippen LogP contribution in [0, 0.1) is 0 Å². The summed E-state index contributed by atoms with van der Waals surface area (Å²) in [5.41, 5.74) is 1.74. The van der Waals surface area contributed by atoms with Crippen molar-refractivity contribution in [2.24, 2.45) is 0 Å². The minimum Gasteiger partial charge on any atom is -0.467 e. The highest BCUT2D eigenvalue weighted by Crippen LogP contribution is 2.30. The van der Waals surface area contributed by atoms with Gasteiger partial charge >= 0.3 is 0 Å². The van der Waals surface area contributed by atoms with Crippen LogP contribution < -0.4 is 4.74 Å². The standard InChI is InChI=1S/C22H24N2O2S2/c1-15(2)27-18-9-7-16(8-10-18)21(25)24-13-11-17(12-14-24)26-22-23-19-5-3-4-6-20(19)28-22/h3-10,15,17H,11-14H2,1-2H3. The Morgan fingerprint density at radius 1 is 1.14 bits per heavy atom. The Kier molecular flexibility index (Phi) is 5.87. The summed E-state index contributed by atoms with van der Waals surface area (Å²) in [6, 6.07) is 16.0. The molecular weight excluding hydrogens is 388 g/mol. The number of nitrogens with zero attached hydrogens (tertiary/aromatic N) is 2. The van der Waals surface area contributed by atoms with Crippen LogP contribution in [0.25, 0.3) is 10.2 Å². The predicted molar refractivity (Wildman–Crippen MR) is 117 cm³/mol. The van der Waals surface area contributed by atoms with E-state index < -0.39 is 0 Å². The number of carbonyl (C=O) groups excluding carboxylic acids is 1. The smallest absolute Gasteiger partial charge is 0.274 e. The Labute approximate surface area is 173 Å². The summed E-state index contributed by atoms with van der Waals surface area (Å²) in [6.45, 7) is 5.78. The molecule has 3 aromatic rings. The molecule has 4 rings (SSSR count). The summed E-state index contributed by atoms with van der Waals surface area (Å²) in [4.78, 5) is 20.5. The number of rotatable bonds is 5. The van der Waals surface area contributed by atoms with Gasteiger partial charge in [-0.05, 0) is 36.4 Å². The van der Waals surface area contributed by atoms with Crippen LogP contribution in [-0.4, -0.2) is 40.2 Å². The Hall–Kier alpha value is -2.05. The highest BCUT2D eigenvalue weighted by atomic mass is 32.2. The Balaban J connectivity index is 1.32. The van der Waals surface area contributed by atoms with E-state index in [0.29, 0.717) is 5.25 Å². The van der Waals surface area contributed by atoms with Crippen molar-refractivity contribution in [3.05, 3.63) is 54.1 Å². The lowest BCUT2D eigenvalue weighted by atomic mass is 10.1. The van der Waals surface area contributed by atoms with E-state index in [1.165, 1.54) is 4.90 Å². The van der Waals surface area contributed by atoms with Gasteiger partial charge in [0.15, 0.2) is 0 Å². The van der Waals surface area contributed by atoms with Crippen molar-refractivity contribution >= 4 is 39.2 Å². The molecule has 1 aliphatic heterocycles. The second-order valence-corrected chi connectivity index (χ2v) is 9.89. The molecule has 0 radical (unpaired) electrons. The average molecular weight is 413 g/mol. The Morgan fingerprint density at radius 2 is 1.86 bits per heavy atom. The molecule has 1 aliphatic rings. The molecule has 0 atom stereocenters. The topological polar surface area (TPSA) is 42.4 Å². The van der Waals surface area contributed by atoms with Gasteiger partial charge in [-0.15, -0.1) is 11.8 Å². The molecular formula is C22H24N2O2S2. The van der Waals surface area contributed by atoms with E-state index in [9.17, 15) is 4.79 Å². The lowest BCUT2D eigenvalue weighted by Gasteiger charge is -2.31. The van der Waals surface area contributed by atoms with Gasteiger partial charge in [-0.3, -0.25) is 4.79 Å². The Bertz CT molecular complexity index is 912. The van der Waals surface area contributed by atoms with Gasteiger partial charge in [0.2, 0.25) is 0 Å². The van der Waals surface area contributed by atoms with Crippen molar-refractivity contribution in [3.8, 4) is 5.19 Å². The van der Waals surface area contributed by atoms with E-state index in [-0.39, 0.29) is 12.0 Å². The number of amides is 1.